The molecule has 3 rings (SSSR count). The lowest BCUT2D eigenvalue weighted by Gasteiger charge is -2.32. The highest BCUT2D eigenvalue weighted by Gasteiger charge is 2.25. The predicted octanol–water partition coefficient (Wildman–Crippen LogP) is 7.89. The molecule has 2 aromatic rings. The van der Waals surface area contributed by atoms with E-state index in [1.54, 1.807) is 12.1 Å². The van der Waals surface area contributed by atoms with Crippen molar-refractivity contribution < 1.29 is 22.7 Å². The van der Waals surface area contributed by atoms with Gasteiger partial charge in [-0.05, 0) is 54.7 Å². The normalized spacial score (nSPS) is 19.5. The van der Waals surface area contributed by atoms with Gasteiger partial charge in [-0.25, -0.2) is 18.0 Å². The Balaban J connectivity index is 1.49. The van der Waals surface area contributed by atoms with Crippen molar-refractivity contribution in [2.24, 2.45) is 17.8 Å². The average Bonchev–Trinajstić information content (AvgIpc) is 2.78. The van der Waals surface area contributed by atoms with E-state index < -0.39 is 23.4 Å². The molecule has 174 valence electrons. The second kappa shape index (κ2) is 11.5. The van der Waals surface area contributed by atoms with Crippen LogP contribution in [0.5, 0.6) is 5.75 Å². The molecule has 1 atom stereocenters. The maximum absolute atomic E-state index is 13.3. The molecule has 1 fully saturated rings. The van der Waals surface area contributed by atoms with Gasteiger partial charge in [0.1, 0.15) is 5.75 Å². The smallest absolute Gasteiger partial charge is 0.343 e. The van der Waals surface area contributed by atoms with Crippen molar-refractivity contribution in [3.63, 3.8) is 0 Å². The third-order valence-electron chi connectivity index (χ3n) is 6.83. The van der Waals surface area contributed by atoms with E-state index in [0.29, 0.717) is 18.1 Å². The number of unbranched alkanes of at least 4 members (excludes halogenated alkanes) is 2. The molecule has 0 radical (unpaired) electrons. The van der Waals surface area contributed by atoms with Gasteiger partial charge in [0.2, 0.25) is 0 Å². The Morgan fingerprint density at radius 1 is 1.00 bits per heavy atom. The summed E-state index contributed by atoms with van der Waals surface area (Å²) in [4.78, 5) is 12.3. The minimum absolute atomic E-state index is 0.277. The summed E-state index contributed by atoms with van der Waals surface area (Å²) in [6.45, 7) is 4.56. The fourth-order valence-electron chi connectivity index (χ4n) is 4.80. The van der Waals surface area contributed by atoms with Crippen LogP contribution < -0.4 is 4.74 Å². The molecule has 0 spiro atoms. The lowest BCUT2D eigenvalue weighted by atomic mass is 9.73. The van der Waals surface area contributed by atoms with Crippen molar-refractivity contribution in [3.05, 3.63) is 65.0 Å². The molecule has 0 N–H and O–H groups in total. The van der Waals surface area contributed by atoms with Crippen LogP contribution in [0.4, 0.5) is 13.2 Å². The monoisotopic (exact) mass is 446 g/mol. The SMILES string of the molecule is CCCCCC1CCC(C(C)Cc2ccc(C(=O)Oc3cc(F)c(F)c(F)c3)cc2)CC1. The third kappa shape index (κ3) is 6.60. The highest BCUT2D eigenvalue weighted by atomic mass is 19.2. The van der Waals surface area contributed by atoms with Crippen LogP contribution in [0.15, 0.2) is 36.4 Å². The number of carbonyl (C=O) groups excluding carboxylic acids is 1. The molecule has 0 aromatic heterocycles. The molecule has 0 saturated heterocycles. The van der Waals surface area contributed by atoms with E-state index in [2.05, 4.69) is 13.8 Å². The topological polar surface area (TPSA) is 26.3 Å². The summed E-state index contributed by atoms with van der Waals surface area (Å²) in [6, 6.07) is 8.43. The molecular formula is C27H33F3O2. The molecule has 2 aromatic carbocycles. The summed E-state index contributed by atoms with van der Waals surface area (Å²) < 4.78 is 44.6. The first-order valence-corrected chi connectivity index (χ1v) is 11.8. The van der Waals surface area contributed by atoms with Gasteiger partial charge in [0.25, 0.3) is 0 Å². The molecule has 0 heterocycles. The number of carbonyl (C=O) groups is 1. The van der Waals surface area contributed by atoms with Crippen LogP contribution in [0, 0.1) is 35.2 Å². The number of hydrogen-bond acceptors (Lipinski definition) is 2. The minimum Gasteiger partial charge on any atom is -0.423 e. The standard InChI is InChI=1S/C27H33F3O2/c1-3-4-5-6-19-7-11-21(12-8-19)18(2)15-20-9-13-22(14-10-20)27(31)32-23-16-24(28)26(30)25(29)17-23/h9-10,13-14,16-19,21H,3-8,11-12,15H2,1-2H3. The van der Waals surface area contributed by atoms with E-state index in [1.165, 1.54) is 51.4 Å². The highest BCUT2D eigenvalue weighted by molar-refractivity contribution is 5.91. The Morgan fingerprint density at radius 3 is 2.22 bits per heavy atom. The van der Waals surface area contributed by atoms with E-state index in [9.17, 15) is 18.0 Å². The number of rotatable bonds is 9. The lowest BCUT2D eigenvalue weighted by molar-refractivity contribution is 0.0733. The highest BCUT2D eigenvalue weighted by Crippen LogP contribution is 2.36. The van der Waals surface area contributed by atoms with Gasteiger partial charge in [-0.1, -0.05) is 64.5 Å². The van der Waals surface area contributed by atoms with E-state index in [-0.39, 0.29) is 11.3 Å². The van der Waals surface area contributed by atoms with Gasteiger partial charge in [-0.2, -0.15) is 0 Å². The summed E-state index contributed by atoms with van der Waals surface area (Å²) in [6.07, 6.45) is 11.6. The van der Waals surface area contributed by atoms with Gasteiger partial charge < -0.3 is 4.74 Å². The van der Waals surface area contributed by atoms with Crippen molar-refractivity contribution in [2.75, 3.05) is 0 Å². The molecule has 0 aliphatic heterocycles. The molecule has 32 heavy (non-hydrogen) atoms. The van der Waals surface area contributed by atoms with Crippen molar-refractivity contribution in [1.82, 2.24) is 0 Å². The summed E-state index contributed by atoms with van der Waals surface area (Å²) in [5.74, 6) is -3.27. The van der Waals surface area contributed by atoms with E-state index in [1.807, 2.05) is 12.1 Å². The predicted molar refractivity (Wildman–Crippen MR) is 120 cm³/mol. The zero-order valence-corrected chi connectivity index (χ0v) is 19.0. The molecule has 1 aliphatic carbocycles. The van der Waals surface area contributed by atoms with Crippen LogP contribution in [0.1, 0.15) is 81.1 Å². The quantitative estimate of drug-likeness (QED) is 0.169. The molecule has 1 saturated carbocycles. The minimum atomic E-state index is -1.59. The van der Waals surface area contributed by atoms with Crippen molar-refractivity contribution in [1.29, 1.82) is 0 Å². The first-order valence-electron chi connectivity index (χ1n) is 11.8. The number of esters is 1. The average molecular weight is 447 g/mol. The zero-order chi connectivity index (χ0) is 23.1. The number of halogens is 3. The van der Waals surface area contributed by atoms with Crippen molar-refractivity contribution >= 4 is 5.97 Å². The fourth-order valence-corrected chi connectivity index (χ4v) is 4.80. The summed E-state index contributed by atoms with van der Waals surface area (Å²) in [7, 11) is 0. The van der Waals surface area contributed by atoms with E-state index >= 15 is 0 Å². The van der Waals surface area contributed by atoms with Gasteiger partial charge in [-0.3, -0.25) is 0 Å². The van der Waals surface area contributed by atoms with Crippen molar-refractivity contribution in [3.8, 4) is 5.75 Å². The van der Waals surface area contributed by atoms with Gasteiger partial charge in [0.15, 0.2) is 17.5 Å². The summed E-state index contributed by atoms with van der Waals surface area (Å²) in [5, 5.41) is 0. The summed E-state index contributed by atoms with van der Waals surface area (Å²) >= 11 is 0. The van der Waals surface area contributed by atoms with Crippen LogP contribution >= 0.6 is 0 Å². The molecule has 0 amide bonds. The largest absolute Gasteiger partial charge is 0.423 e. The van der Waals surface area contributed by atoms with Crippen LogP contribution in [0.25, 0.3) is 0 Å². The van der Waals surface area contributed by atoms with Crippen LogP contribution in [0.3, 0.4) is 0 Å². The van der Waals surface area contributed by atoms with E-state index in [0.717, 1.165) is 23.8 Å². The summed E-state index contributed by atoms with van der Waals surface area (Å²) in [5.41, 5.74) is 1.43. The van der Waals surface area contributed by atoms with Gasteiger partial charge in [-0.15, -0.1) is 0 Å². The molecule has 5 heteroatoms. The van der Waals surface area contributed by atoms with Crippen LogP contribution in [-0.2, 0) is 6.42 Å². The number of ether oxygens (including phenoxy) is 1. The molecule has 1 unspecified atom stereocenters. The Kier molecular flexibility index (Phi) is 8.77. The Hall–Kier alpha value is -2.30. The first-order chi connectivity index (χ1) is 15.4. The first kappa shape index (κ1) is 24.3. The second-order valence-corrected chi connectivity index (χ2v) is 9.25. The third-order valence-corrected chi connectivity index (χ3v) is 6.83. The molecule has 0 bridgehead atoms. The second-order valence-electron chi connectivity index (χ2n) is 9.25. The van der Waals surface area contributed by atoms with Gasteiger partial charge in [0, 0.05) is 12.1 Å². The zero-order valence-electron chi connectivity index (χ0n) is 19.0. The van der Waals surface area contributed by atoms with Crippen LogP contribution in [0.2, 0.25) is 0 Å². The van der Waals surface area contributed by atoms with Crippen molar-refractivity contribution in [2.45, 2.75) is 71.6 Å². The van der Waals surface area contributed by atoms with Gasteiger partial charge in [0.05, 0.1) is 5.56 Å². The maximum atomic E-state index is 13.3. The maximum Gasteiger partial charge on any atom is 0.343 e. The van der Waals surface area contributed by atoms with Crippen LogP contribution in [-0.4, -0.2) is 5.97 Å². The number of hydrogen-bond donors (Lipinski definition) is 0. The Labute approximate surface area is 189 Å². The van der Waals surface area contributed by atoms with E-state index in [4.69, 9.17) is 4.74 Å². The molecule has 1 aliphatic rings. The Bertz CT molecular complexity index is 863. The Morgan fingerprint density at radius 2 is 1.62 bits per heavy atom. The molecule has 2 nitrogen and oxygen atoms in total. The fraction of sp³-hybridized carbons (Fsp3) is 0.519. The lowest BCUT2D eigenvalue weighted by Crippen LogP contribution is -2.21. The molecular weight excluding hydrogens is 413 g/mol. The number of benzene rings is 2. The van der Waals surface area contributed by atoms with Gasteiger partial charge >= 0.3 is 5.97 Å².